The zero-order valence-electron chi connectivity index (χ0n) is 6.71. The van der Waals surface area contributed by atoms with Gasteiger partial charge in [0.15, 0.2) is 5.78 Å². The molecule has 0 aromatic carbocycles. The van der Waals surface area contributed by atoms with Crippen LogP contribution in [0.25, 0.3) is 0 Å². The molecule has 1 rings (SSSR count). The van der Waals surface area contributed by atoms with E-state index in [2.05, 4.69) is 0 Å². The molecule has 1 aliphatic carbocycles. The first kappa shape index (κ1) is 7.99. The quantitative estimate of drug-likeness (QED) is 0.558. The Bertz CT molecular complexity index is 231. The molecule has 1 aliphatic rings. The average Bonchev–Trinajstić information content (AvgIpc) is 2.04. The molecule has 0 amide bonds. The van der Waals surface area contributed by atoms with Crippen molar-refractivity contribution in [1.82, 2.24) is 0 Å². The molecule has 0 fully saturated rings. The summed E-state index contributed by atoms with van der Waals surface area (Å²) in [6, 6.07) is 0. The van der Waals surface area contributed by atoms with Gasteiger partial charge in [-0.2, -0.15) is 0 Å². The van der Waals surface area contributed by atoms with Crippen LogP contribution in [0.4, 0.5) is 0 Å². The molecule has 0 aromatic heterocycles. The van der Waals surface area contributed by atoms with E-state index in [1.807, 2.05) is 31.2 Å². The maximum atomic E-state index is 10.8. The molecule has 0 saturated heterocycles. The van der Waals surface area contributed by atoms with Crippen molar-refractivity contribution >= 4 is 5.78 Å². The van der Waals surface area contributed by atoms with Crippen molar-refractivity contribution in [3.8, 4) is 0 Å². The lowest BCUT2D eigenvalue weighted by atomic mass is 10.0. The summed E-state index contributed by atoms with van der Waals surface area (Å²) in [5.41, 5.74) is 1.24. The fourth-order valence-electron chi connectivity index (χ4n) is 0.993. The van der Waals surface area contributed by atoms with Crippen LogP contribution in [-0.4, -0.2) is 5.78 Å². The van der Waals surface area contributed by atoms with Gasteiger partial charge in [-0.05, 0) is 25.0 Å². The van der Waals surface area contributed by atoms with Gasteiger partial charge in [-0.15, -0.1) is 0 Å². The Morgan fingerprint density at radius 2 is 2.18 bits per heavy atom. The van der Waals surface area contributed by atoms with Crippen molar-refractivity contribution in [2.24, 2.45) is 0 Å². The van der Waals surface area contributed by atoms with Crippen LogP contribution < -0.4 is 0 Å². The summed E-state index contributed by atoms with van der Waals surface area (Å²) < 4.78 is 0. The van der Waals surface area contributed by atoms with Gasteiger partial charge in [0.1, 0.15) is 0 Å². The highest BCUT2D eigenvalue weighted by atomic mass is 16.1. The van der Waals surface area contributed by atoms with Crippen LogP contribution in [0.1, 0.15) is 19.8 Å². The van der Waals surface area contributed by atoms with Gasteiger partial charge >= 0.3 is 0 Å². The van der Waals surface area contributed by atoms with Crippen LogP contribution in [-0.2, 0) is 4.79 Å². The van der Waals surface area contributed by atoms with Crippen LogP contribution >= 0.6 is 0 Å². The Hall–Kier alpha value is -1.11. The first-order valence-electron chi connectivity index (χ1n) is 3.85. The molecular formula is C10H12O. The Labute approximate surface area is 67.1 Å². The predicted molar refractivity (Wildman–Crippen MR) is 46.3 cm³/mol. The summed E-state index contributed by atoms with van der Waals surface area (Å²) in [5, 5.41) is 0. The molecule has 0 atom stereocenters. The highest BCUT2D eigenvalue weighted by molar-refractivity contribution is 5.91. The SMILES string of the molecule is CC=CC=C1C=CC(=O)CC1. The number of rotatable bonds is 1. The average molecular weight is 148 g/mol. The van der Waals surface area contributed by atoms with Gasteiger partial charge in [-0.3, -0.25) is 4.79 Å². The van der Waals surface area contributed by atoms with E-state index in [1.165, 1.54) is 5.57 Å². The third kappa shape index (κ3) is 2.54. The molecule has 0 N–H and O–H groups in total. The Balaban J connectivity index is 2.63. The summed E-state index contributed by atoms with van der Waals surface area (Å²) in [4.78, 5) is 10.8. The number of hydrogen-bond donors (Lipinski definition) is 0. The highest BCUT2D eigenvalue weighted by Gasteiger charge is 2.04. The zero-order valence-corrected chi connectivity index (χ0v) is 6.71. The second kappa shape index (κ2) is 3.91. The Morgan fingerprint density at radius 1 is 1.36 bits per heavy atom. The second-order valence-electron chi connectivity index (χ2n) is 2.57. The van der Waals surface area contributed by atoms with Crippen LogP contribution in [0.3, 0.4) is 0 Å². The lowest BCUT2D eigenvalue weighted by molar-refractivity contribution is -0.114. The van der Waals surface area contributed by atoms with Gasteiger partial charge in [0.2, 0.25) is 0 Å². The molecular weight excluding hydrogens is 136 g/mol. The standard InChI is InChI=1S/C10H12O/c1-2-3-4-9-5-7-10(11)8-6-9/h2-5,7H,6,8H2,1H3. The molecule has 58 valence electrons. The van der Waals surface area contributed by atoms with Crippen molar-refractivity contribution < 1.29 is 4.79 Å². The van der Waals surface area contributed by atoms with Crippen LogP contribution in [0.5, 0.6) is 0 Å². The van der Waals surface area contributed by atoms with Gasteiger partial charge in [-0.25, -0.2) is 0 Å². The smallest absolute Gasteiger partial charge is 0.156 e. The molecule has 0 bridgehead atoms. The Morgan fingerprint density at radius 3 is 2.73 bits per heavy atom. The molecule has 0 saturated carbocycles. The van der Waals surface area contributed by atoms with Gasteiger partial charge in [-0.1, -0.05) is 24.3 Å². The minimum atomic E-state index is 0.239. The number of carbonyl (C=O) groups excluding carboxylic acids is 1. The van der Waals surface area contributed by atoms with Gasteiger partial charge in [0.25, 0.3) is 0 Å². The highest BCUT2D eigenvalue weighted by Crippen LogP contribution is 2.13. The summed E-state index contributed by atoms with van der Waals surface area (Å²) >= 11 is 0. The summed E-state index contributed by atoms with van der Waals surface area (Å²) in [6.07, 6.45) is 11.1. The number of ketones is 1. The molecule has 0 aromatic rings. The molecule has 1 heteroatoms. The van der Waals surface area contributed by atoms with Crippen molar-refractivity contribution in [2.45, 2.75) is 19.8 Å². The Kier molecular flexibility index (Phi) is 2.84. The summed E-state index contributed by atoms with van der Waals surface area (Å²) in [5.74, 6) is 0.239. The van der Waals surface area contributed by atoms with Crippen LogP contribution in [0.15, 0.2) is 36.0 Å². The third-order valence-electron chi connectivity index (χ3n) is 1.65. The van der Waals surface area contributed by atoms with E-state index in [-0.39, 0.29) is 5.78 Å². The van der Waals surface area contributed by atoms with E-state index in [0.717, 1.165) is 6.42 Å². The second-order valence-corrected chi connectivity index (χ2v) is 2.57. The maximum absolute atomic E-state index is 10.8. The van der Waals surface area contributed by atoms with Crippen molar-refractivity contribution in [3.05, 3.63) is 36.0 Å². The lowest BCUT2D eigenvalue weighted by Crippen LogP contribution is -1.98. The summed E-state index contributed by atoms with van der Waals surface area (Å²) in [6.45, 7) is 1.98. The van der Waals surface area contributed by atoms with Crippen LogP contribution in [0.2, 0.25) is 0 Å². The van der Waals surface area contributed by atoms with Gasteiger partial charge in [0, 0.05) is 6.42 Å². The molecule has 0 unspecified atom stereocenters. The molecule has 0 aliphatic heterocycles. The van der Waals surface area contributed by atoms with E-state index < -0.39 is 0 Å². The first-order valence-corrected chi connectivity index (χ1v) is 3.85. The van der Waals surface area contributed by atoms with Crippen molar-refractivity contribution in [1.29, 1.82) is 0 Å². The fraction of sp³-hybridized carbons (Fsp3) is 0.300. The largest absolute Gasteiger partial charge is 0.295 e. The number of allylic oxidation sites excluding steroid dienone is 6. The van der Waals surface area contributed by atoms with E-state index in [9.17, 15) is 4.79 Å². The summed E-state index contributed by atoms with van der Waals surface area (Å²) in [7, 11) is 0. The topological polar surface area (TPSA) is 17.1 Å². The molecule has 0 radical (unpaired) electrons. The van der Waals surface area contributed by atoms with Crippen LogP contribution in [0, 0.1) is 0 Å². The van der Waals surface area contributed by atoms with Gasteiger partial charge in [0.05, 0.1) is 0 Å². The van der Waals surface area contributed by atoms with Crippen molar-refractivity contribution in [2.75, 3.05) is 0 Å². The fourth-order valence-corrected chi connectivity index (χ4v) is 0.993. The van der Waals surface area contributed by atoms with Gasteiger partial charge < -0.3 is 0 Å². The minimum absolute atomic E-state index is 0.239. The van der Waals surface area contributed by atoms with E-state index in [1.54, 1.807) is 6.08 Å². The first-order chi connectivity index (χ1) is 5.33. The number of carbonyl (C=O) groups is 1. The third-order valence-corrected chi connectivity index (χ3v) is 1.65. The molecule has 0 spiro atoms. The molecule has 1 nitrogen and oxygen atoms in total. The maximum Gasteiger partial charge on any atom is 0.156 e. The molecule has 11 heavy (non-hydrogen) atoms. The lowest BCUT2D eigenvalue weighted by Gasteiger charge is -2.04. The minimum Gasteiger partial charge on any atom is -0.295 e. The monoisotopic (exact) mass is 148 g/mol. The van der Waals surface area contributed by atoms with E-state index >= 15 is 0 Å². The normalized spacial score (nSPS) is 21.9. The van der Waals surface area contributed by atoms with E-state index in [4.69, 9.17) is 0 Å². The van der Waals surface area contributed by atoms with E-state index in [0.29, 0.717) is 6.42 Å². The zero-order chi connectivity index (χ0) is 8.10. The van der Waals surface area contributed by atoms with Crippen molar-refractivity contribution in [3.63, 3.8) is 0 Å². The number of hydrogen-bond acceptors (Lipinski definition) is 1. The molecule has 0 heterocycles. The predicted octanol–water partition coefficient (Wildman–Crippen LogP) is 2.41.